The third-order valence-corrected chi connectivity index (χ3v) is 2.56. The normalized spacial score (nSPS) is 12.9. The summed E-state index contributed by atoms with van der Waals surface area (Å²) in [7, 11) is 0. The highest BCUT2D eigenvalue weighted by Gasteiger charge is 2.08. The van der Waals surface area contributed by atoms with Crippen LogP contribution in [-0.2, 0) is 0 Å². The van der Waals surface area contributed by atoms with Crippen LogP contribution in [0.15, 0.2) is 36.5 Å². The van der Waals surface area contributed by atoms with Crippen LogP contribution in [0.1, 0.15) is 18.0 Å². The lowest BCUT2D eigenvalue weighted by atomic mass is 10.0. The highest BCUT2D eigenvalue weighted by molar-refractivity contribution is 5.82. The maximum atomic E-state index is 6.06. The Bertz CT molecular complexity index is 448. The molecular weight excluding hydrogens is 186 g/mol. The van der Waals surface area contributed by atoms with Gasteiger partial charge in [0.1, 0.15) is 0 Å². The SMILES string of the molecule is NCC[C@@H](N)c1ccnc2ccccc12. The first-order valence-electron chi connectivity index (χ1n) is 5.12. The molecule has 15 heavy (non-hydrogen) atoms. The Balaban J connectivity index is 2.50. The Morgan fingerprint density at radius 2 is 2.00 bits per heavy atom. The Kier molecular flexibility index (Phi) is 2.94. The second-order valence-electron chi connectivity index (χ2n) is 3.60. The maximum absolute atomic E-state index is 6.06. The molecule has 0 fully saturated rings. The van der Waals surface area contributed by atoms with Crippen molar-refractivity contribution < 1.29 is 0 Å². The zero-order chi connectivity index (χ0) is 10.7. The molecule has 78 valence electrons. The molecule has 0 aliphatic rings. The molecule has 1 aromatic heterocycles. The Morgan fingerprint density at radius 1 is 1.20 bits per heavy atom. The van der Waals surface area contributed by atoms with Crippen molar-refractivity contribution in [3.8, 4) is 0 Å². The van der Waals surface area contributed by atoms with Crippen LogP contribution in [0.5, 0.6) is 0 Å². The molecule has 0 amide bonds. The summed E-state index contributed by atoms with van der Waals surface area (Å²) in [5.74, 6) is 0. The van der Waals surface area contributed by atoms with Crippen LogP contribution < -0.4 is 11.5 Å². The molecule has 1 aromatic carbocycles. The van der Waals surface area contributed by atoms with E-state index >= 15 is 0 Å². The van der Waals surface area contributed by atoms with E-state index in [4.69, 9.17) is 11.5 Å². The number of hydrogen-bond donors (Lipinski definition) is 2. The zero-order valence-electron chi connectivity index (χ0n) is 8.56. The fraction of sp³-hybridized carbons (Fsp3) is 0.250. The maximum Gasteiger partial charge on any atom is 0.0705 e. The zero-order valence-corrected chi connectivity index (χ0v) is 8.56. The van der Waals surface area contributed by atoms with Gasteiger partial charge in [0.05, 0.1) is 5.52 Å². The monoisotopic (exact) mass is 201 g/mol. The van der Waals surface area contributed by atoms with Crippen molar-refractivity contribution in [1.82, 2.24) is 4.98 Å². The van der Waals surface area contributed by atoms with Crippen molar-refractivity contribution in [2.24, 2.45) is 11.5 Å². The van der Waals surface area contributed by atoms with E-state index < -0.39 is 0 Å². The van der Waals surface area contributed by atoms with E-state index in [9.17, 15) is 0 Å². The lowest BCUT2D eigenvalue weighted by Crippen LogP contribution is -2.15. The second-order valence-corrected chi connectivity index (χ2v) is 3.60. The van der Waals surface area contributed by atoms with Gasteiger partial charge < -0.3 is 11.5 Å². The second kappa shape index (κ2) is 4.38. The number of aromatic nitrogens is 1. The van der Waals surface area contributed by atoms with E-state index in [0.29, 0.717) is 6.54 Å². The van der Waals surface area contributed by atoms with Crippen molar-refractivity contribution in [2.45, 2.75) is 12.5 Å². The summed E-state index contributed by atoms with van der Waals surface area (Å²) in [4.78, 5) is 4.30. The Labute approximate surface area is 89.1 Å². The van der Waals surface area contributed by atoms with E-state index in [2.05, 4.69) is 4.98 Å². The number of hydrogen-bond acceptors (Lipinski definition) is 3. The quantitative estimate of drug-likeness (QED) is 0.792. The first-order chi connectivity index (χ1) is 7.33. The third kappa shape index (κ3) is 1.98. The molecular formula is C12H15N3. The summed E-state index contributed by atoms with van der Waals surface area (Å²) >= 11 is 0. The van der Waals surface area contributed by atoms with E-state index in [1.54, 1.807) is 6.20 Å². The predicted octanol–water partition coefficient (Wildman–Crippen LogP) is 1.58. The molecule has 0 radical (unpaired) electrons. The van der Waals surface area contributed by atoms with Gasteiger partial charge in [-0.1, -0.05) is 18.2 Å². The molecule has 1 heterocycles. The van der Waals surface area contributed by atoms with Crippen LogP contribution in [0.3, 0.4) is 0 Å². The van der Waals surface area contributed by atoms with E-state index in [0.717, 1.165) is 22.9 Å². The summed E-state index contributed by atoms with van der Waals surface area (Å²) in [5, 5.41) is 1.13. The number of pyridine rings is 1. The molecule has 0 bridgehead atoms. The number of nitrogens with zero attached hydrogens (tertiary/aromatic N) is 1. The van der Waals surface area contributed by atoms with E-state index in [1.165, 1.54) is 0 Å². The van der Waals surface area contributed by atoms with Gasteiger partial charge in [0.2, 0.25) is 0 Å². The van der Waals surface area contributed by atoms with Gasteiger partial charge in [-0.3, -0.25) is 4.98 Å². The highest BCUT2D eigenvalue weighted by atomic mass is 14.7. The lowest BCUT2D eigenvalue weighted by molar-refractivity contribution is 0.665. The summed E-state index contributed by atoms with van der Waals surface area (Å²) < 4.78 is 0. The number of para-hydroxylation sites is 1. The average molecular weight is 201 g/mol. The van der Waals surface area contributed by atoms with Crippen LogP contribution >= 0.6 is 0 Å². The van der Waals surface area contributed by atoms with Gasteiger partial charge in [0, 0.05) is 17.6 Å². The number of rotatable bonds is 3. The van der Waals surface area contributed by atoms with Crippen molar-refractivity contribution in [3.05, 3.63) is 42.1 Å². The largest absolute Gasteiger partial charge is 0.330 e. The third-order valence-electron chi connectivity index (χ3n) is 2.56. The van der Waals surface area contributed by atoms with Crippen LogP contribution in [0.25, 0.3) is 10.9 Å². The van der Waals surface area contributed by atoms with Crippen LogP contribution in [-0.4, -0.2) is 11.5 Å². The average Bonchev–Trinajstić information content (AvgIpc) is 2.28. The Hall–Kier alpha value is -1.45. The molecule has 0 aliphatic carbocycles. The first-order valence-corrected chi connectivity index (χ1v) is 5.12. The van der Waals surface area contributed by atoms with Gasteiger partial charge in [-0.2, -0.15) is 0 Å². The predicted molar refractivity (Wildman–Crippen MR) is 62.3 cm³/mol. The van der Waals surface area contributed by atoms with Crippen molar-refractivity contribution in [1.29, 1.82) is 0 Å². The van der Waals surface area contributed by atoms with Gasteiger partial charge in [-0.25, -0.2) is 0 Å². The van der Waals surface area contributed by atoms with Crippen molar-refractivity contribution in [3.63, 3.8) is 0 Å². The minimum Gasteiger partial charge on any atom is -0.330 e. The molecule has 0 unspecified atom stereocenters. The molecule has 0 aliphatic heterocycles. The van der Waals surface area contributed by atoms with Gasteiger partial charge in [0.25, 0.3) is 0 Å². The summed E-state index contributed by atoms with van der Waals surface area (Å²) in [6.45, 7) is 0.609. The minimum atomic E-state index is 0.00269. The van der Waals surface area contributed by atoms with Crippen molar-refractivity contribution in [2.75, 3.05) is 6.54 Å². The first kappa shape index (κ1) is 10.1. The molecule has 1 atom stereocenters. The lowest BCUT2D eigenvalue weighted by Gasteiger charge is -2.12. The number of benzene rings is 1. The number of fused-ring (bicyclic) bond motifs is 1. The standard InChI is InChI=1S/C12H15N3/c13-7-5-11(14)9-6-8-15-12-4-2-1-3-10(9)12/h1-4,6,8,11H,5,7,13-14H2/t11-/m1/s1. The highest BCUT2D eigenvalue weighted by Crippen LogP contribution is 2.22. The molecule has 3 heteroatoms. The molecule has 0 spiro atoms. The molecule has 4 N–H and O–H groups in total. The van der Waals surface area contributed by atoms with Crippen LogP contribution in [0.2, 0.25) is 0 Å². The fourth-order valence-electron chi connectivity index (χ4n) is 1.78. The van der Waals surface area contributed by atoms with Gasteiger partial charge in [0.15, 0.2) is 0 Å². The Morgan fingerprint density at radius 3 is 2.80 bits per heavy atom. The van der Waals surface area contributed by atoms with Crippen LogP contribution in [0.4, 0.5) is 0 Å². The smallest absolute Gasteiger partial charge is 0.0705 e. The topological polar surface area (TPSA) is 64.9 Å². The number of nitrogens with two attached hydrogens (primary N) is 2. The molecule has 0 saturated carbocycles. The molecule has 0 saturated heterocycles. The summed E-state index contributed by atoms with van der Waals surface area (Å²) in [6, 6.07) is 10.0. The minimum absolute atomic E-state index is 0.00269. The summed E-state index contributed by atoms with van der Waals surface area (Å²) in [6.07, 6.45) is 2.60. The van der Waals surface area contributed by atoms with Gasteiger partial charge in [-0.15, -0.1) is 0 Å². The van der Waals surface area contributed by atoms with Gasteiger partial charge >= 0.3 is 0 Å². The van der Waals surface area contributed by atoms with E-state index in [1.807, 2.05) is 30.3 Å². The fourth-order valence-corrected chi connectivity index (χ4v) is 1.78. The molecule has 2 rings (SSSR count). The van der Waals surface area contributed by atoms with Crippen molar-refractivity contribution >= 4 is 10.9 Å². The van der Waals surface area contributed by atoms with Gasteiger partial charge in [-0.05, 0) is 30.7 Å². The summed E-state index contributed by atoms with van der Waals surface area (Å²) in [5.41, 5.74) is 13.7. The molecule has 2 aromatic rings. The molecule has 3 nitrogen and oxygen atoms in total. The van der Waals surface area contributed by atoms with E-state index in [-0.39, 0.29) is 6.04 Å². The van der Waals surface area contributed by atoms with Crippen LogP contribution in [0, 0.1) is 0 Å².